The predicted octanol–water partition coefficient (Wildman–Crippen LogP) is 5.18. The monoisotopic (exact) mass is 676 g/mol. The lowest BCUT2D eigenvalue weighted by Crippen LogP contribution is -2.43. The summed E-state index contributed by atoms with van der Waals surface area (Å²) in [6.07, 6.45) is 10.3. The zero-order valence-electron chi connectivity index (χ0n) is 28.9. The molecule has 1 aromatic carbocycles. The molecule has 1 unspecified atom stereocenters. The molecule has 0 spiro atoms. The number of carbonyl (C=O) groups excluding carboxylic acids is 3. The van der Waals surface area contributed by atoms with Crippen LogP contribution in [0.4, 0.5) is 17.5 Å². The third-order valence-corrected chi connectivity index (χ3v) is 10.8. The average molecular weight is 677 g/mol. The van der Waals surface area contributed by atoms with Crippen molar-refractivity contribution in [3.8, 4) is 0 Å². The molecular formula is C38H44N8O4. The number of Topliss-reactive ketones (excluding diaryl/α,β-unsaturated/α-hetero) is 1. The molecule has 3 fully saturated rings. The van der Waals surface area contributed by atoms with Gasteiger partial charge < -0.3 is 10.2 Å². The Morgan fingerprint density at radius 2 is 1.74 bits per heavy atom. The largest absolute Gasteiger partial charge is 0.370 e. The van der Waals surface area contributed by atoms with Crippen LogP contribution in [0.15, 0.2) is 53.6 Å². The fourth-order valence-electron chi connectivity index (χ4n) is 8.04. The van der Waals surface area contributed by atoms with E-state index in [4.69, 9.17) is 4.98 Å². The van der Waals surface area contributed by atoms with Crippen LogP contribution < -0.4 is 21.1 Å². The van der Waals surface area contributed by atoms with Gasteiger partial charge in [-0.15, -0.1) is 0 Å². The first kappa shape index (κ1) is 33.5. The molecule has 7 rings (SSSR count). The number of piperidine rings is 2. The van der Waals surface area contributed by atoms with Crippen LogP contribution in [0.25, 0.3) is 11.0 Å². The molecular weight excluding hydrogens is 632 g/mol. The van der Waals surface area contributed by atoms with Gasteiger partial charge in [-0.3, -0.25) is 34.0 Å². The minimum absolute atomic E-state index is 0.0152. The van der Waals surface area contributed by atoms with E-state index in [1.807, 2.05) is 36.5 Å². The summed E-state index contributed by atoms with van der Waals surface area (Å²) >= 11 is 0. The number of aromatic nitrogens is 4. The van der Waals surface area contributed by atoms with Crippen molar-refractivity contribution in [2.24, 2.45) is 0 Å². The minimum atomic E-state index is -0.291. The zero-order valence-corrected chi connectivity index (χ0v) is 28.9. The fourth-order valence-corrected chi connectivity index (χ4v) is 8.04. The maximum absolute atomic E-state index is 13.5. The highest BCUT2D eigenvalue weighted by Gasteiger charge is 2.31. The van der Waals surface area contributed by atoms with Crippen molar-refractivity contribution in [2.45, 2.75) is 89.8 Å². The number of nitrogens with zero attached hydrogens (tertiary/aromatic N) is 6. The molecule has 2 N–H and O–H groups in total. The quantitative estimate of drug-likeness (QED) is 0.180. The number of hydrogen-bond donors (Lipinski definition) is 2. The van der Waals surface area contributed by atoms with Gasteiger partial charge in [-0.1, -0.05) is 37.1 Å². The standard InChI is InChI=1S/C38H44N8O4/c1-23-31-21-40-38(43-35(31)46(27-9-5-6-10-27)37(50)34(23)24(2)47)41-32-14-12-28(20-39-32)45-18-16-26(17-19-45)44(3)22-25-8-4-7-11-29(25)30-13-15-33(48)42-36(30)49/h4,7-8,11-12,14,20-21,26-27,30H,5-6,9-10,13,15-19,22H2,1-3H3,(H,42,48,49)(H,39,40,41,43). The first-order valence-corrected chi connectivity index (χ1v) is 17.7. The van der Waals surface area contributed by atoms with Crippen molar-refractivity contribution in [3.63, 3.8) is 0 Å². The van der Waals surface area contributed by atoms with E-state index < -0.39 is 0 Å². The van der Waals surface area contributed by atoms with Crippen LogP contribution in [0.2, 0.25) is 0 Å². The van der Waals surface area contributed by atoms with E-state index in [9.17, 15) is 19.2 Å². The van der Waals surface area contributed by atoms with Gasteiger partial charge in [-0.25, -0.2) is 9.97 Å². The predicted molar refractivity (Wildman–Crippen MR) is 192 cm³/mol. The Morgan fingerprint density at radius 3 is 2.44 bits per heavy atom. The number of hydrogen-bond acceptors (Lipinski definition) is 10. The van der Waals surface area contributed by atoms with Gasteiger partial charge in [-0.2, -0.15) is 4.98 Å². The Balaban J connectivity index is 1.00. The number of anilines is 3. The molecule has 0 bridgehead atoms. The van der Waals surface area contributed by atoms with E-state index >= 15 is 0 Å². The Morgan fingerprint density at radius 1 is 0.980 bits per heavy atom. The van der Waals surface area contributed by atoms with E-state index in [0.717, 1.165) is 75.0 Å². The second kappa shape index (κ2) is 14.1. The molecule has 2 saturated heterocycles. The van der Waals surface area contributed by atoms with Gasteiger partial charge in [0.05, 0.1) is 23.4 Å². The molecule has 50 heavy (non-hydrogen) atoms. The normalized spacial score (nSPS) is 19.0. The lowest BCUT2D eigenvalue weighted by Gasteiger charge is -2.38. The van der Waals surface area contributed by atoms with Gasteiger partial charge in [0.2, 0.25) is 17.8 Å². The minimum Gasteiger partial charge on any atom is -0.370 e. The first-order chi connectivity index (χ1) is 24.2. The summed E-state index contributed by atoms with van der Waals surface area (Å²) in [6, 6.07) is 12.5. The lowest BCUT2D eigenvalue weighted by atomic mass is 9.87. The van der Waals surface area contributed by atoms with E-state index in [1.54, 1.807) is 17.7 Å². The van der Waals surface area contributed by atoms with Gasteiger partial charge in [0.25, 0.3) is 5.56 Å². The van der Waals surface area contributed by atoms with Crippen LogP contribution in [0.1, 0.15) is 97.3 Å². The molecule has 3 aliphatic rings. The summed E-state index contributed by atoms with van der Waals surface area (Å²) in [5.41, 5.74) is 4.30. The second-order valence-corrected chi connectivity index (χ2v) is 14.0. The molecule has 5 heterocycles. The number of amides is 2. The third-order valence-electron chi connectivity index (χ3n) is 10.8. The second-order valence-electron chi connectivity index (χ2n) is 14.0. The van der Waals surface area contributed by atoms with Crippen molar-refractivity contribution < 1.29 is 14.4 Å². The number of fused-ring (bicyclic) bond motifs is 1. The highest BCUT2D eigenvalue weighted by atomic mass is 16.2. The van der Waals surface area contributed by atoms with Crippen LogP contribution in [-0.4, -0.2) is 68.2 Å². The molecule has 1 saturated carbocycles. The van der Waals surface area contributed by atoms with E-state index in [2.05, 4.69) is 43.5 Å². The molecule has 3 aromatic heterocycles. The first-order valence-electron chi connectivity index (χ1n) is 17.7. The van der Waals surface area contributed by atoms with Gasteiger partial charge in [0.15, 0.2) is 5.78 Å². The Hall–Kier alpha value is -4.97. The van der Waals surface area contributed by atoms with Gasteiger partial charge >= 0.3 is 0 Å². The zero-order chi connectivity index (χ0) is 34.9. The van der Waals surface area contributed by atoms with E-state index in [-0.39, 0.29) is 40.7 Å². The lowest BCUT2D eigenvalue weighted by molar-refractivity contribution is -0.134. The van der Waals surface area contributed by atoms with Crippen molar-refractivity contribution in [3.05, 3.63) is 81.4 Å². The maximum atomic E-state index is 13.5. The smallest absolute Gasteiger partial charge is 0.263 e. The Kier molecular flexibility index (Phi) is 9.46. The Labute approximate surface area is 291 Å². The molecule has 0 radical (unpaired) electrons. The highest BCUT2D eigenvalue weighted by molar-refractivity contribution is 6.01. The van der Waals surface area contributed by atoms with E-state index in [0.29, 0.717) is 47.2 Å². The number of aryl methyl sites for hydroxylation is 1. The molecule has 2 amide bonds. The molecule has 12 nitrogen and oxygen atoms in total. The summed E-state index contributed by atoms with van der Waals surface area (Å²) < 4.78 is 1.72. The number of nitrogens with one attached hydrogen (secondary N) is 2. The number of imide groups is 1. The number of ketones is 1. The fraction of sp³-hybridized carbons (Fsp3) is 0.447. The molecule has 2 aliphatic heterocycles. The average Bonchev–Trinajstić information content (AvgIpc) is 3.64. The molecule has 1 aliphatic carbocycles. The molecule has 12 heteroatoms. The summed E-state index contributed by atoms with van der Waals surface area (Å²) in [5.74, 6) is 0.0262. The molecule has 4 aromatic rings. The van der Waals surface area contributed by atoms with Crippen molar-refractivity contribution >= 4 is 46.1 Å². The van der Waals surface area contributed by atoms with Gasteiger partial charge in [0.1, 0.15) is 11.5 Å². The third kappa shape index (κ3) is 6.64. The van der Waals surface area contributed by atoms with Crippen LogP contribution in [-0.2, 0) is 16.1 Å². The van der Waals surface area contributed by atoms with Crippen molar-refractivity contribution in [1.82, 2.24) is 29.7 Å². The summed E-state index contributed by atoms with van der Waals surface area (Å²) in [7, 11) is 2.15. The summed E-state index contributed by atoms with van der Waals surface area (Å²) in [5, 5.41) is 6.43. The van der Waals surface area contributed by atoms with Crippen molar-refractivity contribution in [2.75, 3.05) is 30.4 Å². The van der Waals surface area contributed by atoms with Crippen LogP contribution in [0.5, 0.6) is 0 Å². The van der Waals surface area contributed by atoms with Crippen LogP contribution in [0.3, 0.4) is 0 Å². The molecule has 1 atom stereocenters. The number of carbonyl (C=O) groups is 3. The maximum Gasteiger partial charge on any atom is 0.263 e. The van der Waals surface area contributed by atoms with Crippen LogP contribution in [0, 0.1) is 6.92 Å². The number of rotatable bonds is 9. The SMILES string of the molecule is CC(=O)c1c(C)c2cnc(Nc3ccc(N4CCC(N(C)Cc5ccccc5C5CCC(=O)NC5=O)CC4)cn3)nc2n(C2CCCC2)c1=O. The molecule has 260 valence electrons. The number of pyridine rings is 2. The van der Waals surface area contributed by atoms with Gasteiger partial charge in [-0.05, 0) is 81.8 Å². The summed E-state index contributed by atoms with van der Waals surface area (Å²) in [4.78, 5) is 69.0. The highest BCUT2D eigenvalue weighted by Crippen LogP contribution is 2.33. The summed E-state index contributed by atoms with van der Waals surface area (Å²) in [6.45, 7) is 5.76. The van der Waals surface area contributed by atoms with Crippen molar-refractivity contribution in [1.29, 1.82) is 0 Å². The Bertz CT molecular complexity index is 1990. The van der Waals surface area contributed by atoms with Crippen LogP contribution >= 0.6 is 0 Å². The van der Waals surface area contributed by atoms with Gasteiger partial charge in [0, 0.05) is 49.7 Å². The number of benzene rings is 1. The van der Waals surface area contributed by atoms with E-state index in [1.165, 1.54) is 6.92 Å². The topological polar surface area (TPSA) is 142 Å².